The second-order valence-corrected chi connectivity index (χ2v) is 4.42. The van der Waals surface area contributed by atoms with Gasteiger partial charge in [0.05, 0.1) is 12.1 Å². The van der Waals surface area contributed by atoms with Crippen molar-refractivity contribution in [3.8, 4) is 0 Å². The third kappa shape index (κ3) is 3.31. The van der Waals surface area contributed by atoms with E-state index in [1.54, 1.807) is 6.07 Å². The van der Waals surface area contributed by atoms with Gasteiger partial charge in [-0.3, -0.25) is 4.79 Å². The van der Waals surface area contributed by atoms with Gasteiger partial charge in [0.2, 0.25) is 5.91 Å². The zero-order chi connectivity index (χ0) is 13.8. The minimum absolute atomic E-state index is 0.0418. The summed E-state index contributed by atoms with van der Waals surface area (Å²) in [4.78, 5) is 11.9. The van der Waals surface area contributed by atoms with Gasteiger partial charge in [0.25, 0.3) is 0 Å². The SMILES string of the molecule is Cc1cccc(CC(=O)Nc2c(N)cccc2F)c1. The van der Waals surface area contributed by atoms with E-state index in [-0.39, 0.29) is 23.7 Å². The minimum Gasteiger partial charge on any atom is -0.397 e. The van der Waals surface area contributed by atoms with Crippen molar-refractivity contribution in [2.45, 2.75) is 13.3 Å². The molecule has 0 saturated carbocycles. The summed E-state index contributed by atoms with van der Waals surface area (Å²) in [6.07, 6.45) is 0.190. The lowest BCUT2D eigenvalue weighted by molar-refractivity contribution is -0.115. The molecule has 0 atom stereocenters. The van der Waals surface area contributed by atoms with Gasteiger partial charge in [-0.1, -0.05) is 35.9 Å². The van der Waals surface area contributed by atoms with Crippen LogP contribution in [-0.4, -0.2) is 5.91 Å². The lowest BCUT2D eigenvalue weighted by Crippen LogP contribution is -2.16. The first-order chi connectivity index (χ1) is 9.06. The Morgan fingerprint density at radius 2 is 2.00 bits per heavy atom. The molecule has 0 aliphatic rings. The number of hydrogen-bond acceptors (Lipinski definition) is 2. The molecule has 0 heterocycles. The monoisotopic (exact) mass is 258 g/mol. The minimum atomic E-state index is -0.530. The van der Waals surface area contributed by atoms with Gasteiger partial charge < -0.3 is 11.1 Å². The Morgan fingerprint density at radius 1 is 1.26 bits per heavy atom. The third-order valence-corrected chi connectivity index (χ3v) is 2.76. The summed E-state index contributed by atoms with van der Waals surface area (Å²) in [6.45, 7) is 1.95. The molecule has 0 aliphatic carbocycles. The number of hydrogen-bond donors (Lipinski definition) is 2. The molecular formula is C15H15FN2O. The number of aryl methyl sites for hydroxylation is 1. The van der Waals surface area contributed by atoms with Crippen LogP contribution in [0.2, 0.25) is 0 Å². The number of para-hydroxylation sites is 1. The van der Waals surface area contributed by atoms with Gasteiger partial charge in [-0.05, 0) is 24.6 Å². The van der Waals surface area contributed by atoms with Crippen LogP contribution in [0.3, 0.4) is 0 Å². The van der Waals surface area contributed by atoms with E-state index in [0.29, 0.717) is 0 Å². The standard InChI is InChI=1S/C15H15FN2O/c1-10-4-2-5-11(8-10)9-14(19)18-15-12(16)6-3-7-13(15)17/h2-8H,9,17H2,1H3,(H,18,19). The van der Waals surface area contributed by atoms with Crippen molar-refractivity contribution in [1.29, 1.82) is 0 Å². The van der Waals surface area contributed by atoms with Crippen LogP contribution < -0.4 is 11.1 Å². The lowest BCUT2D eigenvalue weighted by atomic mass is 10.1. The molecule has 3 N–H and O–H groups in total. The molecule has 2 aromatic carbocycles. The Balaban J connectivity index is 2.10. The fraction of sp³-hybridized carbons (Fsp3) is 0.133. The molecule has 2 aromatic rings. The average Bonchev–Trinajstić information content (AvgIpc) is 2.34. The first kappa shape index (κ1) is 13.1. The molecule has 98 valence electrons. The van der Waals surface area contributed by atoms with Gasteiger partial charge in [-0.25, -0.2) is 4.39 Å². The molecule has 0 unspecified atom stereocenters. The molecule has 0 aromatic heterocycles. The second kappa shape index (κ2) is 5.52. The maximum Gasteiger partial charge on any atom is 0.228 e. The topological polar surface area (TPSA) is 55.1 Å². The largest absolute Gasteiger partial charge is 0.397 e. The average molecular weight is 258 g/mol. The van der Waals surface area contributed by atoms with Crippen LogP contribution in [-0.2, 0) is 11.2 Å². The van der Waals surface area contributed by atoms with Gasteiger partial charge in [0.15, 0.2) is 0 Å². The molecule has 1 amide bonds. The summed E-state index contributed by atoms with van der Waals surface area (Å²) >= 11 is 0. The Labute approximate surface area is 111 Å². The van der Waals surface area contributed by atoms with Crippen LogP contribution >= 0.6 is 0 Å². The highest BCUT2D eigenvalue weighted by atomic mass is 19.1. The van der Waals surface area contributed by atoms with Crippen LogP contribution in [0.1, 0.15) is 11.1 Å². The maximum atomic E-state index is 13.5. The summed E-state index contributed by atoms with van der Waals surface area (Å²) in [5.41, 5.74) is 7.86. The maximum absolute atomic E-state index is 13.5. The van der Waals surface area contributed by atoms with Crippen LogP contribution in [0.5, 0.6) is 0 Å². The first-order valence-corrected chi connectivity index (χ1v) is 5.95. The number of anilines is 2. The Bertz CT molecular complexity index is 591. The molecule has 0 saturated heterocycles. The number of benzene rings is 2. The number of carbonyl (C=O) groups excluding carboxylic acids is 1. The third-order valence-electron chi connectivity index (χ3n) is 2.76. The van der Waals surface area contributed by atoms with Crippen molar-refractivity contribution in [1.82, 2.24) is 0 Å². The second-order valence-electron chi connectivity index (χ2n) is 4.42. The van der Waals surface area contributed by atoms with Gasteiger partial charge in [0, 0.05) is 0 Å². The molecule has 4 heteroatoms. The van der Waals surface area contributed by atoms with E-state index in [4.69, 9.17) is 5.73 Å². The molecule has 0 radical (unpaired) electrons. The number of nitrogen functional groups attached to an aromatic ring is 1. The zero-order valence-corrected chi connectivity index (χ0v) is 10.6. The lowest BCUT2D eigenvalue weighted by Gasteiger charge is -2.09. The number of nitrogens with one attached hydrogen (secondary N) is 1. The number of amides is 1. The fourth-order valence-electron chi connectivity index (χ4n) is 1.86. The summed E-state index contributed by atoms with van der Waals surface area (Å²) in [5, 5.41) is 2.51. The Morgan fingerprint density at radius 3 is 2.68 bits per heavy atom. The van der Waals surface area contributed by atoms with Crippen LogP contribution in [0, 0.1) is 12.7 Å². The van der Waals surface area contributed by atoms with Crippen LogP contribution in [0.25, 0.3) is 0 Å². The zero-order valence-electron chi connectivity index (χ0n) is 10.6. The Kier molecular flexibility index (Phi) is 3.80. The van der Waals surface area contributed by atoms with Crippen LogP contribution in [0.4, 0.5) is 15.8 Å². The van der Waals surface area contributed by atoms with Gasteiger partial charge in [0.1, 0.15) is 11.5 Å². The number of nitrogens with two attached hydrogens (primary N) is 1. The van der Waals surface area contributed by atoms with E-state index in [1.165, 1.54) is 12.1 Å². The summed E-state index contributed by atoms with van der Waals surface area (Å²) in [7, 11) is 0. The molecule has 2 rings (SSSR count). The highest BCUT2D eigenvalue weighted by molar-refractivity contribution is 5.95. The van der Waals surface area contributed by atoms with Crippen molar-refractivity contribution >= 4 is 17.3 Å². The highest BCUT2D eigenvalue weighted by Gasteiger charge is 2.10. The van der Waals surface area contributed by atoms with E-state index in [9.17, 15) is 9.18 Å². The van der Waals surface area contributed by atoms with Crippen LogP contribution in [0.15, 0.2) is 42.5 Å². The van der Waals surface area contributed by atoms with Crippen molar-refractivity contribution in [2.75, 3.05) is 11.1 Å². The first-order valence-electron chi connectivity index (χ1n) is 5.95. The smallest absolute Gasteiger partial charge is 0.228 e. The number of halogens is 1. The summed E-state index contributed by atoms with van der Waals surface area (Å²) in [5.74, 6) is -0.819. The fourth-order valence-corrected chi connectivity index (χ4v) is 1.86. The normalized spacial score (nSPS) is 10.2. The van der Waals surface area contributed by atoms with Crippen molar-refractivity contribution in [3.63, 3.8) is 0 Å². The number of rotatable bonds is 3. The Hall–Kier alpha value is -2.36. The highest BCUT2D eigenvalue weighted by Crippen LogP contribution is 2.21. The van der Waals surface area contributed by atoms with E-state index in [1.807, 2.05) is 31.2 Å². The molecule has 0 fully saturated rings. The quantitative estimate of drug-likeness (QED) is 0.832. The molecule has 0 spiro atoms. The van der Waals surface area contributed by atoms with Crippen molar-refractivity contribution in [2.24, 2.45) is 0 Å². The molecule has 3 nitrogen and oxygen atoms in total. The van der Waals surface area contributed by atoms with Crippen molar-refractivity contribution in [3.05, 3.63) is 59.4 Å². The van der Waals surface area contributed by atoms with E-state index >= 15 is 0 Å². The van der Waals surface area contributed by atoms with E-state index in [2.05, 4.69) is 5.32 Å². The predicted molar refractivity (Wildman–Crippen MR) is 74.3 cm³/mol. The molecule has 19 heavy (non-hydrogen) atoms. The predicted octanol–water partition coefficient (Wildman–Crippen LogP) is 2.90. The van der Waals surface area contributed by atoms with Gasteiger partial charge in [-0.15, -0.1) is 0 Å². The molecule has 0 aliphatic heterocycles. The van der Waals surface area contributed by atoms with E-state index in [0.717, 1.165) is 11.1 Å². The van der Waals surface area contributed by atoms with Crippen molar-refractivity contribution < 1.29 is 9.18 Å². The molecular weight excluding hydrogens is 243 g/mol. The summed E-state index contributed by atoms with van der Waals surface area (Å²) in [6, 6.07) is 11.9. The van der Waals surface area contributed by atoms with Gasteiger partial charge >= 0.3 is 0 Å². The van der Waals surface area contributed by atoms with E-state index < -0.39 is 5.82 Å². The molecule has 0 bridgehead atoms. The van der Waals surface area contributed by atoms with Gasteiger partial charge in [-0.2, -0.15) is 0 Å². The summed E-state index contributed by atoms with van der Waals surface area (Å²) < 4.78 is 13.5. The number of carbonyl (C=O) groups is 1.